The van der Waals surface area contributed by atoms with Gasteiger partial charge in [-0.05, 0) is 13.3 Å². The molecule has 0 amide bonds. The largest absolute Gasteiger partial charge is 0.458 e. The monoisotopic (exact) mass is 696 g/mol. The molecule has 20 heteroatoms. The summed E-state index contributed by atoms with van der Waals surface area (Å²) in [6, 6.07) is -3.24. The molecule has 0 aromatic carbocycles. The average Bonchev–Trinajstić information content (AvgIpc) is 3.01. The molecule has 0 aromatic rings. The summed E-state index contributed by atoms with van der Waals surface area (Å²) in [6.45, 7) is 0.901. The third-order valence-corrected chi connectivity index (χ3v) is 13.8. The minimum Gasteiger partial charge on any atom is -0.458 e. The fourth-order valence-electron chi connectivity index (χ4n) is 4.27. The number of carbonyl (C=O) groups is 3. The molecule has 2 saturated heterocycles. The van der Waals surface area contributed by atoms with E-state index < -0.39 is 117 Å². The first kappa shape index (κ1) is 39.4. The maximum Gasteiger partial charge on any atom is 0.367 e. The Morgan fingerprint density at radius 2 is 1.52 bits per heavy atom. The molecule has 258 valence electrons. The number of rotatable bonds is 13. The normalized spacial score (nSPS) is 36.8. The van der Waals surface area contributed by atoms with Crippen LogP contribution < -0.4 is 11.5 Å². The highest BCUT2D eigenvalue weighted by molar-refractivity contribution is 9.05. The predicted molar refractivity (Wildman–Crippen MR) is 159 cm³/mol. The Balaban J connectivity index is 2.84. The third-order valence-electron chi connectivity index (χ3n) is 7.05. The molecule has 2 aliphatic rings. The van der Waals surface area contributed by atoms with Crippen LogP contribution >= 0.6 is 32.5 Å². The number of ether oxygens (including phenoxy) is 4. The first-order valence-electron chi connectivity index (χ1n) is 13.8. The first-order chi connectivity index (χ1) is 20.6. The van der Waals surface area contributed by atoms with Gasteiger partial charge in [0.05, 0.1) is 32.0 Å². The lowest BCUT2D eigenvalue weighted by Crippen LogP contribution is -2.64. The van der Waals surface area contributed by atoms with Crippen molar-refractivity contribution in [2.24, 2.45) is 11.5 Å². The lowest BCUT2D eigenvalue weighted by Gasteiger charge is -2.52. The van der Waals surface area contributed by atoms with Crippen LogP contribution in [0.3, 0.4) is 0 Å². The predicted octanol–water partition coefficient (Wildman–Crippen LogP) is -3.98. The van der Waals surface area contributed by atoms with Gasteiger partial charge in [0.15, 0.2) is 11.5 Å². The van der Waals surface area contributed by atoms with E-state index in [1.54, 1.807) is 6.92 Å². The lowest BCUT2D eigenvalue weighted by molar-refractivity contribution is -0.221. The number of esters is 1. The summed E-state index contributed by atoms with van der Waals surface area (Å²) in [6.07, 6.45) is -15.6. The van der Waals surface area contributed by atoms with Gasteiger partial charge < -0.3 is 71.3 Å². The Morgan fingerprint density at radius 1 is 0.955 bits per heavy atom. The molecule has 14 atom stereocenters. The Bertz CT molecular complexity index is 968. The molecule has 0 saturated carbocycles. The van der Waals surface area contributed by atoms with Gasteiger partial charge in [0.25, 0.3) is 0 Å². The Labute approximate surface area is 264 Å². The highest BCUT2D eigenvalue weighted by Gasteiger charge is 2.63. The summed E-state index contributed by atoms with van der Waals surface area (Å²) in [5.74, 6) is -1.69. The Kier molecular flexibility index (Phi) is 15.5. The third kappa shape index (κ3) is 8.36. The van der Waals surface area contributed by atoms with Crippen LogP contribution in [0.25, 0.3) is 0 Å². The molecular formula is C24H44N2O15S3. The summed E-state index contributed by atoms with van der Waals surface area (Å²) in [4.78, 5) is 41.3. The number of hydrogen-bond donors (Lipinski definition) is 11. The molecule has 12 N–H and O–H groups in total. The quantitative estimate of drug-likeness (QED) is 0.0378. The van der Waals surface area contributed by atoms with Gasteiger partial charge in [0.2, 0.25) is 5.12 Å². The van der Waals surface area contributed by atoms with Crippen molar-refractivity contribution < 1.29 is 74.2 Å². The van der Waals surface area contributed by atoms with Crippen LogP contribution in [-0.2, 0) is 28.5 Å². The van der Waals surface area contributed by atoms with Crippen LogP contribution in [0.4, 0.5) is 4.79 Å². The van der Waals surface area contributed by atoms with E-state index >= 15 is 0 Å². The average molecular weight is 697 g/mol. The second kappa shape index (κ2) is 17.4. The van der Waals surface area contributed by atoms with Crippen LogP contribution in [0.2, 0.25) is 0 Å². The van der Waals surface area contributed by atoms with Gasteiger partial charge in [-0.3, -0.25) is 9.59 Å². The molecule has 0 radical (unpaired) electrons. The zero-order valence-electron chi connectivity index (χ0n) is 24.1. The summed E-state index contributed by atoms with van der Waals surface area (Å²) in [7, 11) is -3.94. The van der Waals surface area contributed by atoms with Crippen molar-refractivity contribution in [2.45, 2.75) is 105 Å². The number of hydrogen-bond acceptors (Lipinski definition) is 19. The zero-order chi connectivity index (χ0) is 33.5. The molecule has 0 spiro atoms. The van der Waals surface area contributed by atoms with Gasteiger partial charge in [-0.25, -0.2) is 4.79 Å². The fourth-order valence-corrected chi connectivity index (χ4v) is 11.1. The number of unbranched alkanes of at least 4 members (excludes halogenated alkanes) is 1. The molecule has 2 aliphatic heterocycles. The fraction of sp³-hybridized carbons (Fsp3) is 0.875. The van der Waals surface area contributed by atoms with E-state index in [9.17, 15) is 55.2 Å². The maximum absolute atomic E-state index is 14.3. The number of thiol groups is 1. The van der Waals surface area contributed by atoms with E-state index in [2.05, 4.69) is 12.6 Å². The van der Waals surface area contributed by atoms with Crippen molar-refractivity contribution in [3.63, 3.8) is 0 Å². The van der Waals surface area contributed by atoms with Crippen LogP contribution in [0.5, 0.6) is 0 Å². The van der Waals surface area contributed by atoms with Crippen molar-refractivity contribution >= 4 is 48.9 Å². The maximum atomic E-state index is 14.3. The molecule has 2 fully saturated rings. The van der Waals surface area contributed by atoms with E-state index in [0.29, 0.717) is 12.8 Å². The van der Waals surface area contributed by atoms with E-state index in [1.165, 1.54) is 6.92 Å². The van der Waals surface area contributed by atoms with Gasteiger partial charge in [0.1, 0.15) is 54.2 Å². The van der Waals surface area contributed by atoms with Crippen molar-refractivity contribution in [3.8, 4) is 0 Å². The van der Waals surface area contributed by atoms with Gasteiger partial charge in [-0.1, -0.05) is 24.1 Å². The Morgan fingerprint density at radius 3 is 2.05 bits per heavy atom. The van der Waals surface area contributed by atoms with Gasteiger partial charge in [-0.15, -0.1) is 0 Å². The van der Waals surface area contributed by atoms with Crippen molar-refractivity contribution in [1.29, 1.82) is 0 Å². The molecule has 2 heterocycles. The van der Waals surface area contributed by atoms with Gasteiger partial charge in [0, 0.05) is 14.8 Å². The molecule has 17 nitrogen and oxygen atoms in total. The molecule has 0 bridgehead atoms. The van der Waals surface area contributed by atoms with E-state index in [0.717, 1.165) is 0 Å². The minimum atomic E-state index is -4.19. The molecule has 44 heavy (non-hydrogen) atoms. The SMILES string of the molecule is CCCCOC(=O)S(S[C@@H]1O[C@H](CO)[C@@H](O)[C@H](O)[C@H]1O)(C(=O)[C@@H](N)CS)[C@@H]1O[C@H](CO)[C@@H](O)[C@H](O)[C@H]1OC(=O)[C@@H](N)[C@@H](C)O. The van der Waals surface area contributed by atoms with Crippen LogP contribution in [0, 0.1) is 0 Å². The van der Waals surface area contributed by atoms with Gasteiger partial charge >= 0.3 is 11.3 Å². The highest BCUT2D eigenvalue weighted by Crippen LogP contribution is 2.70. The topological polar surface area (TPSA) is 302 Å². The second-order valence-corrected chi connectivity index (χ2v) is 15.9. The smallest absolute Gasteiger partial charge is 0.367 e. The standard InChI is InChI=1S/C24H44N2O15S3/c1-3-4-5-38-24(37)44(21(36)10(25)8-42,43-22-18(34)16(32)14(30)11(6-27)39-22)23-19(41-20(35)13(26)9(2)29)17(33)15(31)12(7-28)40-23/h9-19,22-23,27-34,42H,3-8,25-26H2,1-2H3/t9-,10+,11-,12-,13+,14-,15-,16+,17+,18-,19-,22+,23+/m1/s1. The van der Waals surface area contributed by atoms with Crippen LogP contribution in [0.1, 0.15) is 26.7 Å². The van der Waals surface area contributed by atoms with E-state index in [-0.39, 0.29) is 23.2 Å². The van der Waals surface area contributed by atoms with Gasteiger partial charge in [-0.2, -0.15) is 12.6 Å². The summed E-state index contributed by atoms with van der Waals surface area (Å²) < 4.78 is 22.2. The Hall–Kier alpha value is -0.820. The number of carbonyl (C=O) groups excluding carboxylic acids is 3. The molecule has 0 aliphatic carbocycles. The van der Waals surface area contributed by atoms with Crippen molar-refractivity contribution in [2.75, 3.05) is 25.6 Å². The van der Waals surface area contributed by atoms with Crippen LogP contribution in [0.15, 0.2) is 0 Å². The number of aliphatic hydroxyl groups is 8. The number of nitrogens with two attached hydrogens (primary N) is 2. The van der Waals surface area contributed by atoms with E-state index in [1.807, 2.05) is 0 Å². The number of aliphatic hydroxyl groups excluding tert-OH is 8. The molecule has 0 aromatic heterocycles. The zero-order valence-corrected chi connectivity index (χ0v) is 26.6. The molecule has 1 unspecified atom stereocenters. The molecular weight excluding hydrogens is 652 g/mol. The first-order valence-corrected chi connectivity index (χ1v) is 17.5. The summed E-state index contributed by atoms with van der Waals surface area (Å²) >= 11 is 4.06. The molecule has 2 rings (SSSR count). The van der Waals surface area contributed by atoms with Crippen LogP contribution in [-0.4, -0.2) is 161 Å². The van der Waals surface area contributed by atoms with Crippen molar-refractivity contribution in [3.05, 3.63) is 0 Å². The highest BCUT2D eigenvalue weighted by atomic mass is 33.2. The van der Waals surface area contributed by atoms with Crippen molar-refractivity contribution in [1.82, 2.24) is 0 Å². The second-order valence-electron chi connectivity index (χ2n) is 10.3. The minimum absolute atomic E-state index is 0.235. The lowest BCUT2D eigenvalue weighted by atomic mass is 10.00. The van der Waals surface area contributed by atoms with E-state index in [4.69, 9.17) is 30.4 Å². The summed E-state index contributed by atoms with van der Waals surface area (Å²) in [5.41, 5.74) is 7.92. The summed E-state index contributed by atoms with van der Waals surface area (Å²) in [5, 5.41) is 80.4.